The van der Waals surface area contributed by atoms with Gasteiger partial charge in [0.2, 0.25) is 0 Å². The number of aliphatic hydroxyl groups excluding tert-OH is 1. The molecule has 0 atom stereocenters. The molecule has 0 unspecified atom stereocenters. The Balaban J connectivity index is 2.99. The molecule has 0 heterocycles. The molecule has 0 aromatic heterocycles. The van der Waals surface area contributed by atoms with Crippen molar-refractivity contribution < 1.29 is 5.11 Å². The number of rotatable bonds is 9. The van der Waals surface area contributed by atoms with Crippen LogP contribution in [0.2, 0.25) is 6.04 Å². The van der Waals surface area contributed by atoms with Crippen molar-refractivity contribution in [3.63, 3.8) is 0 Å². The van der Waals surface area contributed by atoms with Gasteiger partial charge in [0.15, 0.2) is 0 Å². The minimum atomic E-state index is -2.35. The van der Waals surface area contributed by atoms with Crippen molar-refractivity contribution in [1.29, 1.82) is 0 Å². The summed E-state index contributed by atoms with van der Waals surface area (Å²) < 4.78 is 0. The molecule has 0 aliphatic heterocycles. The van der Waals surface area contributed by atoms with Crippen LogP contribution in [-0.2, 0) is 0 Å². The third kappa shape index (κ3) is 13.0. The molecule has 86 valence electrons. The molecule has 1 nitrogen and oxygen atoms in total. The molecule has 1 N–H and O–H groups in total. The van der Waals surface area contributed by atoms with E-state index in [0.29, 0.717) is 6.61 Å². The van der Waals surface area contributed by atoms with E-state index in [2.05, 4.69) is 0 Å². The van der Waals surface area contributed by atoms with Crippen LogP contribution in [0.3, 0.4) is 0 Å². The zero-order valence-corrected chi connectivity index (χ0v) is 11.7. The number of aliphatic hydroxyl groups is 1. The Morgan fingerprint density at radius 3 is 1.57 bits per heavy atom. The van der Waals surface area contributed by atoms with Gasteiger partial charge in [-0.3, -0.25) is 0 Å². The summed E-state index contributed by atoms with van der Waals surface area (Å²) in [5.41, 5.74) is 0. The maximum absolute atomic E-state index is 8.56. The summed E-state index contributed by atoms with van der Waals surface area (Å²) in [5, 5.41) is 8.56. The number of hydrogen-bond donors (Lipinski definition) is 1. The first kappa shape index (κ1) is 15.0. The van der Waals surface area contributed by atoms with Gasteiger partial charge >= 0.3 is 6.00 Å². The highest BCUT2D eigenvalue weighted by atomic mass is 35.8. The van der Waals surface area contributed by atoms with E-state index in [9.17, 15) is 0 Å². The molecule has 0 saturated carbocycles. The van der Waals surface area contributed by atoms with Crippen molar-refractivity contribution in [2.45, 2.75) is 51.0 Å². The van der Waals surface area contributed by atoms with Gasteiger partial charge in [0.25, 0.3) is 0 Å². The molecule has 0 amide bonds. The first-order chi connectivity index (χ1) is 6.56. The summed E-state index contributed by atoms with van der Waals surface area (Å²) in [6.45, 7) is 0.318. The molecule has 0 aliphatic rings. The maximum atomic E-state index is 8.56. The van der Waals surface area contributed by atoms with Crippen molar-refractivity contribution in [3.05, 3.63) is 0 Å². The lowest BCUT2D eigenvalue weighted by Gasteiger charge is -2.06. The maximum Gasteiger partial charge on any atom is 0.341 e. The van der Waals surface area contributed by atoms with Gasteiger partial charge in [-0.1, -0.05) is 38.5 Å². The van der Waals surface area contributed by atoms with Crippen molar-refractivity contribution in [2.75, 3.05) is 6.61 Å². The van der Waals surface area contributed by atoms with Gasteiger partial charge in [-0.05, 0) is 12.5 Å². The highest BCUT2D eigenvalue weighted by molar-refractivity contribution is 7.64. The predicted molar refractivity (Wildman–Crippen MR) is 67.5 cm³/mol. The Labute approximate surface area is 102 Å². The Hall–Kier alpha value is 1.05. The quantitative estimate of drug-likeness (QED) is 0.377. The van der Waals surface area contributed by atoms with Gasteiger partial charge < -0.3 is 5.11 Å². The highest BCUT2D eigenvalue weighted by Crippen LogP contribution is 2.27. The van der Waals surface area contributed by atoms with Crippen molar-refractivity contribution in [1.82, 2.24) is 0 Å². The average molecular weight is 278 g/mol. The van der Waals surface area contributed by atoms with Crippen LogP contribution in [0.15, 0.2) is 0 Å². The molecule has 0 radical (unpaired) electrons. The lowest BCUT2D eigenvalue weighted by atomic mass is 10.1. The summed E-state index contributed by atoms with van der Waals surface area (Å²) in [6.07, 6.45) is 7.95. The van der Waals surface area contributed by atoms with Crippen LogP contribution in [0.25, 0.3) is 0 Å². The Bertz CT molecular complexity index is 128. The van der Waals surface area contributed by atoms with Gasteiger partial charge in [0.1, 0.15) is 0 Å². The van der Waals surface area contributed by atoms with Crippen molar-refractivity contribution >= 4 is 39.2 Å². The average Bonchev–Trinajstić information content (AvgIpc) is 2.08. The number of unbranched alkanes of at least 4 members (excludes halogenated alkanes) is 6. The van der Waals surface area contributed by atoms with Gasteiger partial charge in [0.05, 0.1) is 0 Å². The first-order valence-electron chi connectivity index (χ1n) is 5.24. The Morgan fingerprint density at radius 2 is 1.14 bits per heavy atom. The lowest BCUT2D eigenvalue weighted by Crippen LogP contribution is -2.07. The minimum absolute atomic E-state index is 0.318. The molecule has 0 aliphatic carbocycles. The summed E-state index contributed by atoms with van der Waals surface area (Å²) in [7, 11) is 0. The van der Waals surface area contributed by atoms with Crippen LogP contribution in [0, 0.1) is 0 Å². The smallest absolute Gasteiger partial charge is 0.341 e. The molecular weight excluding hydrogens is 259 g/mol. The molecule has 0 aromatic carbocycles. The van der Waals surface area contributed by atoms with E-state index in [-0.39, 0.29) is 0 Å². The third-order valence-corrected chi connectivity index (χ3v) is 4.74. The number of hydrogen-bond acceptors (Lipinski definition) is 1. The van der Waals surface area contributed by atoms with Gasteiger partial charge in [0, 0.05) is 6.61 Å². The van der Waals surface area contributed by atoms with Gasteiger partial charge in [-0.2, -0.15) is 0 Å². The fourth-order valence-electron chi connectivity index (χ4n) is 1.32. The van der Waals surface area contributed by atoms with Gasteiger partial charge in [-0.15, -0.1) is 33.2 Å². The van der Waals surface area contributed by atoms with Crippen molar-refractivity contribution in [3.8, 4) is 0 Å². The monoisotopic (exact) mass is 276 g/mol. The molecule has 0 saturated heterocycles. The molecule has 14 heavy (non-hydrogen) atoms. The summed E-state index contributed by atoms with van der Waals surface area (Å²) in [5.74, 6) is 0. The van der Waals surface area contributed by atoms with E-state index in [0.717, 1.165) is 25.3 Å². The second kappa shape index (κ2) is 9.29. The highest BCUT2D eigenvalue weighted by Gasteiger charge is 2.23. The van der Waals surface area contributed by atoms with Crippen LogP contribution in [0.1, 0.15) is 44.9 Å². The summed E-state index contributed by atoms with van der Waals surface area (Å²) in [6, 6.07) is -1.57. The van der Waals surface area contributed by atoms with Crippen LogP contribution in [0.4, 0.5) is 0 Å². The van der Waals surface area contributed by atoms with E-state index < -0.39 is 6.00 Å². The summed E-state index contributed by atoms with van der Waals surface area (Å²) in [4.78, 5) is 0. The molecule has 5 heteroatoms. The van der Waals surface area contributed by atoms with Crippen molar-refractivity contribution in [2.24, 2.45) is 0 Å². The van der Waals surface area contributed by atoms with Crippen LogP contribution in [-0.4, -0.2) is 17.7 Å². The van der Waals surface area contributed by atoms with Gasteiger partial charge in [-0.25, -0.2) is 0 Å². The Kier molecular flexibility index (Phi) is 9.98. The fraction of sp³-hybridized carbons (Fsp3) is 1.00. The molecule has 0 fully saturated rings. The van der Waals surface area contributed by atoms with Crippen LogP contribution >= 0.6 is 33.2 Å². The minimum Gasteiger partial charge on any atom is -0.396 e. The van der Waals surface area contributed by atoms with Crippen LogP contribution in [0.5, 0.6) is 0 Å². The Morgan fingerprint density at radius 1 is 0.714 bits per heavy atom. The largest absolute Gasteiger partial charge is 0.396 e. The molecule has 0 rings (SSSR count). The summed E-state index contributed by atoms with van der Waals surface area (Å²) >= 11 is 17.3. The van der Waals surface area contributed by atoms with E-state index in [1.54, 1.807) is 0 Å². The predicted octanol–water partition coefficient (Wildman–Crippen LogP) is 4.36. The molecule has 0 bridgehead atoms. The van der Waals surface area contributed by atoms with E-state index in [1.165, 1.54) is 25.7 Å². The molecular formula is C9H19Cl3OSi. The molecule has 0 aromatic rings. The second-order valence-electron chi connectivity index (χ2n) is 3.56. The van der Waals surface area contributed by atoms with E-state index >= 15 is 0 Å². The van der Waals surface area contributed by atoms with E-state index in [4.69, 9.17) is 38.3 Å². The van der Waals surface area contributed by atoms with Crippen LogP contribution < -0.4 is 0 Å². The second-order valence-corrected chi connectivity index (χ2v) is 12.8. The SMILES string of the molecule is OCCCCCCCCC[Si](Cl)(Cl)Cl. The molecule has 0 spiro atoms. The zero-order valence-electron chi connectivity index (χ0n) is 8.45. The first-order valence-corrected chi connectivity index (χ1v) is 10.5. The zero-order chi connectivity index (χ0) is 10.9. The standard InChI is InChI=1S/C9H19Cl3OSi/c10-14(11,12)9-7-5-3-1-2-4-6-8-13/h13H,1-9H2. The normalized spacial score (nSPS) is 12.0. The fourth-order valence-corrected chi connectivity index (χ4v) is 3.17. The third-order valence-electron chi connectivity index (χ3n) is 2.12. The topological polar surface area (TPSA) is 20.2 Å². The lowest BCUT2D eigenvalue weighted by molar-refractivity contribution is 0.282. The number of halogens is 3. The van der Waals surface area contributed by atoms with E-state index in [1.807, 2.05) is 0 Å².